The Labute approximate surface area is 109 Å². The van der Waals surface area contributed by atoms with E-state index in [1.807, 2.05) is 0 Å². The topological polar surface area (TPSA) is 49.7 Å². The van der Waals surface area contributed by atoms with E-state index in [4.69, 9.17) is 0 Å². The predicted molar refractivity (Wildman–Crippen MR) is 73.1 cm³/mol. The van der Waals surface area contributed by atoms with Gasteiger partial charge in [0.05, 0.1) is 12.1 Å². The summed E-state index contributed by atoms with van der Waals surface area (Å²) in [6.45, 7) is 10.4. The highest BCUT2D eigenvalue weighted by Crippen LogP contribution is 2.53. The van der Waals surface area contributed by atoms with Crippen molar-refractivity contribution in [1.29, 1.82) is 0 Å². The average Bonchev–Trinajstić information content (AvgIpc) is 2.33. The zero-order valence-electron chi connectivity index (χ0n) is 11.5. The summed E-state index contributed by atoms with van der Waals surface area (Å²) >= 11 is 0. The van der Waals surface area contributed by atoms with Crippen molar-refractivity contribution in [2.75, 3.05) is 0 Å². The monoisotopic (exact) mass is 249 g/mol. The molecular weight excluding hydrogens is 226 g/mol. The maximum Gasteiger partial charge on any atom is 0.0981 e. The molecule has 2 aliphatic rings. The Morgan fingerprint density at radius 2 is 2.28 bits per heavy atom. The minimum Gasteiger partial charge on any atom is -0.389 e. The lowest BCUT2D eigenvalue weighted by Crippen LogP contribution is -2.48. The van der Waals surface area contributed by atoms with Gasteiger partial charge in [-0.1, -0.05) is 37.3 Å². The number of fused-ring (bicyclic) bond motifs is 1. The van der Waals surface area contributed by atoms with E-state index in [1.54, 1.807) is 0 Å². The number of hydrogen-bond acceptors (Lipinski definition) is 3. The highest BCUT2D eigenvalue weighted by molar-refractivity contribution is 5.28. The molecule has 0 aromatic carbocycles. The van der Waals surface area contributed by atoms with Gasteiger partial charge in [-0.25, -0.2) is 0 Å². The second-order valence-corrected chi connectivity index (χ2v) is 6.27. The summed E-state index contributed by atoms with van der Waals surface area (Å²) in [5.41, 5.74) is 2.19. The number of nitroso groups, excluding NO2 is 1. The van der Waals surface area contributed by atoms with Gasteiger partial charge in [-0.05, 0) is 42.6 Å². The molecule has 1 fully saturated rings. The van der Waals surface area contributed by atoms with Crippen LogP contribution in [0.3, 0.4) is 0 Å². The Morgan fingerprint density at radius 1 is 1.61 bits per heavy atom. The molecule has 0 bridgehead atoms. The summed E-state index contributed by atoms with van der Waals surface area (Å²) in [5.74, 6) is 0.644. The maximum atomic E-state index is 10.9. The first-order valence-corrected chi connectivity index (χ1v) is 6.76. The molecule has 0 radical (unpaired) electrons. The number of nitrogens with zero attached hydrogens (tertiary/aromatic N) is 1. The molecule has 0 aliphatic heterocycles. The standard InChI is InChI=1S/C15H23NO2/c1-9(2)11-5-6-12-14(17)7-13(16-18)10(3)15(12,4)8-11/h6,10-11,13-14,17H,1,5,7-8H2,2-4H3. The molecular formula is C15H23NO2. The summed E-state index contributed by atoms with van der Waals surface area (Å²) in [4.78, 5) is 10.9. The number of allylic oxidation sites excluding steroid dienone is 2. The molecule has 2 rings (SSSR count). The number of aliphatic hydroxyl groups excluding tert-OH is 1. The van der Waals surface area contributed by atoms with Crippen molar-refractivity contribution in [3.63, 3.8) is 0 Å². The number of rotatable bonds is 2. The first kappa shape index (κ1) is 13.5. The van der Waals surface area contributed by atoms with E-state index < -0.39 is 6.10 Å². The SMILES string of the molecule is C=C(C)C1CC=C2C(O)CC(N=O)C(C)C2(C)C1. The van der Waals surface area contributed by atoms with Crippen LogP contribution in [0, 0.1) is 22.2 Å². The normalized spacial score (nSPS) is 43.9. The molecule has 0 aromatic heterocycles. The first-order valence-electron chi connectivity index (χ1n) is 6.76. The Balaban J connectivity index is 2.37. The van der Waals surface area contributed by atoms with E-state index in [2.05, 4.69) is 38.6 Å². The van der Waals surface area contributed by atoms with Gasteiger partial charge >= 0.3 is 0 Å². The highest BCUT2D eigenvalue weighted by Gasteiger charge is 2.49. The van der Waals surface area contributed by atoms with Gasteiger partial charge in [0.2, 0.25) is 0 Å². The van der Waals surface area contributed by atoms with E-state index in [-0.39, 0.29) is 17.4 Å². The Hall–Kier alpha value is -0.960. The van der Waals surface area contributed by atoms with E-state index in [0.717, 1.165) is 18.4 Å². The molecule has 0 heterocycles. The molecule has 2 aliphatic carbocycles. The van der Waals surface area contributed by atoms with Crippen LogP contribution in [0.5, 0.6) is 0 Å². The second-order valence-electron chi connectivity index (χ2n) is 6.27. The van der Waals surface area contributed by atoms with Crippen molar-refractivity contribution in [3.05, 3.63) is 28.7 Å². The van der Waals surface area contributed by atoms with Crippen LogP contribution in [0.2, 0.25) is 0 Å². The molecule has 100 valence electrons. The van der Waals surface area contributed by atoms with Crippen molar-refractivity contribution < 1.29 is 5.11 Å². The molecule has 0 spiro atoms. The largest absolute Gasteiger partial charge is 0.389 e. The first-order chi connectivity index (χ1) is 8.40. The third-order valence-electron chi connectivity index (χ3n) is 5.19. The van der Waals surface area contributed by atoms with Gasteiger partial charge in [0.15, 0.2) is 0 Å². The lowest BCUT2D eigenvalue weighted by atomic mass is 9.56. The molecule has 3 heteroatoms. The van der Waals surface area contributed by atoms with Gasteiger partial charge in [0, 0.05) is 6.42 Å². The Bertz CT molecular complexity index is 401. The van der Waals surface area contributed by atoms with Gasteiger partial charge in [0.1, 0.15) is 0 Å². The van der Waals surface area contributed by atoms with Crippen LogP contribution < -0.4 is 0 Å². The van der Waals surface area contributed by atoms with Gasteiger partial charge < -0.3 is 5.11 Å². The maximum absolute atomic E-state index is 10.9. The second kappa shape index (κ2) is 4.61. The van der Waals surface area contributed by atoms with Crippen LogP contribution in [0.1, 0.15) is 40.0 Å². The average molecular weight is 249 g/mol. The number of hydrogen-bond donors (Lipinski definition) is 1. The van der Waals surface area contributed by atoms with E-state index in [0.29, 0.717) is 12.3 Å². The van der Waals surface area contributed by atoms with Crippen LogP contribution in [0.15, 0.2) is 29.0 Å². The van der Waals surface area contributed by atoms with Gasteiger partial charge in [-0.15, -0.1) is 0 Å². The molecule has 0 aromatic rings. The summed E-state index contributed by atoms with van der Waals surface area (Å²) < 4.78 is 0. The zero-order valence-corrected chi connectivity index (χ0v) is 11.5. The Kier molecular flexibility index (Phi) is 3.45. The lowest BCUT2D eigenvalue weighted by Gasteiger charge is -2.50. The molecule has 0 saturated heterocycles. The smallest absolute Gasteiger partial charge is 0.0981 e. The molecule has 0 amide bonds. The number of aliphatic hydroxyl groups is 1. The van der Waals surface area contributed by atoms with Crippen molar-refractivity contribution in [3.8, 4) is 0 Å². The van der Waals surface area contributed by atoms with E-state index in [1.165, 1.54) is 5.57 Å². The quantitative estimate of drug-likeness (QED) is 0.602. The molecule has 5 unspecified atom stereocenters. The van der Waals surface area contributed by atoms with Crippen LogP contribution in [-0.2, 0) is 0 Å². The zero-order chi connectivity index (χ0) is 13.5. The molecule has 1 N–H and O–H groups in total. The fraction of sp³-hybridized carbons (Fsp3) is 0.733. The Morgan fingerprint density at radius 3 is 2.83 bits per heavy atom. The summed E-state index contributed by atoms with van der Waals surface area (Å²) in [6.07, 6.45) is 4.08. The summed E-state index contributed by atoms with van der Waals surface area (Å²) in [7, 11) is 0. The summed E-state index contributed by atoms with van der Waals surface area (Å²) in [5, 5.41) is 13.4. The van der Waals surface area contributed by atoms with Crippen LogP contribution in [0.25, 0.3) is 0 Å². The molecule has 3 nitrogen and oxygen atoms in total. The van der Waals surface area contributed by atoms with Crippen molar-refractivity contribution >= 4 is 0 Å². The predicted octanol–water partition coefficient (Wildman–Crippen LogP) is 3.44. The van der Waals surface area contributed by atoms with E-state index in [9.17, 15) is 10.0 Å². The molecule has 1 saturated carbocycles. The summed E-state index contributed by atoms with van der Waals surface area (Å²) in [6, 6.07) is -0.272. The van der Waals surface area contributed by atoms with Crippen LogP contribution >= 0.6 is 0 Å². The van der Waals surface area contributed by atoms with Crippen LogP contribution in [0.4, 0.5) is 0 Å². The lowest BCUT2D eigenvalue weighted by molar-refractivity contribution is 0.0513. The fourth-order valence-electron chi connectivity index (χ4n) is 3.68. The van der Waals surface area contributed by atoms with Gasteiger partial charge in [-0.2, -0.15) is 4.91 Å². The molecule has 5 atom stereocenters. The van der Waals surface area contributed by atoms with Gasteiger partial charge in [-0.3, -0.25) is 0 Å². The highest BCUT2D eigenvalue weighted by atomic mass is 16.3. The van der Waals surface area contributed by atoms with E-state index >= 15 is 0 Å². The minimum absolute atomic E-state index is 0.113. The molecule has 18 heavy (non-hydrogen) atoms. The van der Waals surface area contributed by atoms with Crippen molar-refractivity contribution in [2.24, 2.45) is 22.4 Å². The minimum atomic E-state index is -0.500. The van der Waals surface area contributed by atoms with Crippen molar-refractivity contribution in [2.45, 2.75) is 52.2 Å². The van der Waals surface area contributed by atoms with Gasteiger partial charge in [0.25, 0.3) is 0 Å². The van der Waals surface area contributed by atoms with Crippen LogP contribution in [-0.4, -0.2) is 17.3 Å². The third kappa shape index (κ3) is 1.95. The van der Waals surface area contributed by atoms with Crippen molar-refractivity contribution in [1.82, 2.24) is 0 Å². The fourth-order valence-corrected chi connectivity index (χ4v) is 3.68. The third-order valence-corrected chi connectivity index (χ3v) is 5.19.